The highest BCUT2D eigenvalue weighted by molar-refractivity contribution is 5.13. The zero-order valence-corrected chi connectivity index (χ0v) is 17.5. The molecule has 0 saturated carbocycles. The molecule has 0 heterocycles. The van der Waals surface area contributed by atoms with Crippen molar-refractivity contribution in [2.75, 3.05) is 0 Å². The first-order valence-corrected chi connectivity index (χ1v) is 11.5. The molecule has 0 aliphatic carbocycles. The Balaban J connectivity index is 1.74. The summed E-state index contributed by atoms with van der Waals surface area (Å²) in [6.45, 7) is 2.29. The predicted octanol–water partition coefficient (Wildman–Crippen LogP) is 8.85. The Labute approximate surface area is 164 Å². The molecule has 26 heavy (non-hydrogen) atoms. The Morgan fingerprint density at radius 1 is 0.654 bits per heavy atom. The molecule has 0 unspecified atom stereocenters. The number of unbranched alkanes of at least 4 members (excludes halogenated alkanes) is 14. The van der Waals surface area contributed by atoms with Crippen LogP contribution >= 0.6 is 0 Å². The summed E-state index contributed by atoms with van der Waals surface area (Å²) in [4.78, 5) is 0. The van der Waals surface area contributed by atoms with Crippen LogP contribution < -0.4 is 0 Å². The molecule has 147 valence electrons. The molecule has 0 nitrogen and oxygen atoms in total. The molecule has 0 aliphatic heterocycles. The number of benzene rings is 1. The van der Waals surface area contributed by atoms with E-state index in [1.807, 2.05) is 12.1 Å². The van der Waals surface area contributed by atoms with E-state index in [4.69, 9.17) is 0 Å². The van der Waals surface area contributed by atoms with Crippen molar-refractivity contribution in [3.05, 3.63) is 48.0 Å². The maximum atomic E-state index is 3.30. The van der Waals surface area contributed by atoms with Crippen molar-refractivity contribution in [2.45, 2.75) is 116 Å². The fourth-order valence-electron chi connectivity index (χ4n) is 3.51. The molecule has 0 heteroatoms. The van der Waals surface area contributed by atoms with Crippen molar-refractivity contribution in [3.63, 3.8) is 0 Å². The molecule has 1 aromatic rings. The summed E-state index contributed by atoms with van der Waals surface area (Å²) >= 11 is 0. The fraction of sp³-hybridized carbons (Fsp3) is 0.692. The number of aryl methyl sites for hydroxylation is 1. The van der Waals surface area contributed by atoms with Gasteiger partial charge in [-0.25, -0.2) is 0 Å². The summed E-state index contributed by atoms with van der Waals surface area (Å²) in [5.41, 5.74) is 1.34. The molecule has 1 aromatic carbocycles. The highest BCUT2D eigenvalue weighted by Crippen LogP contribution is 2.13. The lowest BCUT2D eigenvalue weighted by Gasteiger charge is -2.02. The Kier molecular flexibility index (Phi) is 16.6. The van der Waals surface area contributed by atoms with Crippen LogP contribution in [0.4, 0.5) is 0 Å². The average molecular weight is 356 g/mol. The lowest BCUT2D eigenvalue weighted by molar-refractivity contribution is 0.540. The highest BCUT2D eigenvalue weighted by atomic mass is 14.0. The molecule has 1 rings (SSSR count). The minimum Gasteiger partial charge on any atom is -0.0885 e. The first-order valence-electron chi connectivity index (χ1n) is 11.5. The smallest absolute Gasteiger partial charge is 0.0149 e. The lowest BCUT2D eigenvalue weighted by atomic mass is 10.0. The quantitative estimate of drug-likeness (QED) is 0.182. The van der Waals surface area contributed by atoms with E-state index in [2.05, 4.69) is 37.3 Å². The SMILES string of the molecule is CCCCCCCCCCCCCCCC=CCCCc1[c]cccc1. The molecular formula is C26H43. The molecule has 1 radical (unpaired) electrons. The van der Waals surface area contributed by atoms with Crippen LogP contribution in [0.5, 0.6) is 0 Å². The van der Waals surface area contributed by atoms with Crippen LogP contribution in [0.15, 0.2) is 36.4 Å². The van der Waals surface area contributed by atoms with Crippen LogP contribution in [0.1, 0.15) is 115 Å². The van der Waals surface area contributed by atoms with Crippen LogP contribution in [0.25, 0.3) is 0 Å². The normalized spacial score (nSPS) is 11.4. The van der Waals surface area contributed by atoms with Crippen molar-refractivity contribution in [1.82, 2.24) is 0 Å². The Hall–Kier alpha value is -1.04. The largest absolute Gasteiger partial charge is 0.0885 e. The van der Waals surface area contributed by atoms with E-state index in [1.54, 1.807) is 0 Å². The van der Waals surface area contributed by atoms with Crippen LogP contribution in [0, 0.1) is 6.07 Å². The molecular weight excluding hydrogens is 312 g/mol. The number of hydrogen-bond acceptors (Lipinski definition) is 0. The van der Waals surface area contributed by atoms with Gasteiger partial charge >= 0.3 is 0 Å². The molecule has 0 bridgehead atoms. The van der Waals surface area contributed by atoms with E-state index in [0.29, 0.717) is 0 Å². The Morgan fingerprint density at radius 2 is 1.19 bits per heavy atom. The van der Waals surface area contributed by atoms with Gasteiger partial charge in [-0.05, 0) is 43.7 Å². The van der Waals surface area contributed by atoms with Crippen molar-refractivity contribution >= 4 is 0 Å². The molecule has 0 fully saturated rings. The fourth-order valence-corrected chi connectivity index (χ4v) is 3.51. The van der Waals surface area contributed by atoms with Gasteiger partial charge in [0.2, 0.25) is 0 Å². The van der Waals surface area contributed by atoms with Gasteiger partial charge in [0.25, 0.3) is 0 Å². The summed E-state index contributed by atoms with van der Waals surface area (Å²) in [5.74, 6) is 0. The van der Waals surface area contributed by atoms with Crippen molar-refractivity contribution < 1.29 is 0 Å². The van der Waals surface area contributed by atoms with E-state index in [0.717, 1.165) is 6.42 Å². The topological polar surface area (TPSA) is 0 Å². The summed E-state index contributed by atoms with van der Waals surface area (Å²) < 4.78 is 0. The van der Waals surface area contributed by atoms with Crippen molar-refractivity contribution in [3.8, 4) is 0 Å². The highest BCUT2D eigenvalue weighted by Gasteiger charge is 1.94. The minimum atomic E-state index is 1.16. The maximum Gasteiger partial charge on any atom is -0.0149 e. The summed E-state index contributed by atoms with van der Waals surface area (Å²) in [6, 6.07) is 11.6. The molecule has 0 aromatic heterocycles. The summed E-state index contributed by atoms with van der Waals surface area (Å²) in [7, 11) is 0. The molecule has 0 atom stereocenters. The Morgan fingerprint density at radius 3 is 1.73 bits per heavy atom. The van der Waals surface area contributed by atoms with E-state index < -0.39 is 0 Å². The van der Waals surface area contributed by atoms with Gasteiger partial charge in [-0.1, -0.05) is 120 Å². The summed E-state index contributed by atoms with van der Waals surface area (Å²) in [5, 5.41) is 0. The first-order chi connectivity index (χ1) is 12.9. The van der Waals surface area contributed by atoms with Gasteiger partial charge in [0.05, 0.1) is 0 Å². The monoisotopic (exact) mass is 355 g/mol. The maximum absolute atomic E-state index is 3.30. The van der Waals surface area contributed by atoms with Crippen molar-refractivity contribution in [2.24, 2.45) is 0 Å². The minimum absolute atomic E-state index is 1.16. The van der Waals surface area contributed by atoms with Crippen LogP contribution in [-0.2, 0) is 6.42 Å². The van der Waals surface area contributed by atoms with Gasteiger partial charge in [-0.15, -0.1) is 0 Å². The van der Waals surface area contributed by atoms with Gasteiger partial charge in [0, 0.05) is 0 Å². The molecule has 0 N–H and O–H groups in total. The van der Waals surface area contributed by atoms with Gasteiger partial charge in [-0.2, -0.15) is 0 Å². The predicted molar refractivity (Wildman–Crippen MR) is 118 cm³/mol. The molecule has 0 saturated heterocycles. The van der Waals surface area contributed by atoms with Gasteiger partial charge in [0.15, 0.2) is 0 Å². The van der Waals surface area contributed by atoms with Crippen LogP contribution in [0.3, 0.4) is 0 Å². The average Bonchev–Trinajstić information content (AvgIpc) is 2.68. The van der Waals surface area contributed by atoms with Gasteiger partial charge in [-0.3, -0.25) is 0 Å². The van der Waals surface area contributed by atoms with Crippen LogP contribution in [-0.4, -0.2) is 0 Å². The number of hydrogen-bond donors (Lipinski definition) is 0. The third kappa shape index (κ3) is 15.2. The molecule has 0 spiro atoms. The first kappa shape index (κ1) is 23.0. The zero-order chi connectivity index (χ0) is 18.5. The molecule has 0 amide bonds. The van der Waals surface area contributed by atoms with Crippen molar-refractivity contribution in [1.29, 1.82) is 0 Å². The number of rotatable bonds is 18. The lowest BCUT2D eigenvalue weighted by Crippen LogP contribution is -1.83. The van der Waals surface area contributed by atoms with Gasteiger partial charge < -0.3 is 0 Å². The van der Waals surface area contributed by atoms with E-state index >= 15 is 0 Å². The van der Waals surface area contributed by atoms with E-state index in [1.165, 1.54) is 108 Å². The number of allylic oxidation sites excluding steroid dienone is 2. The zero-order valence-electron chi connectivity index (χ0n) is 17.5. The standard InChI is InChI=1S/C26H43/c1-2-3-4-5-6-7-8-9-10-11-12-13-14-15-16-17-18-20-23-26-24-21-19-22-25-26/h16-17,19,21-22,24H,2-15,18,20,23H2,1H3. The second-order valence-electron chi connectivity index (χ2n) is 7.78. The Bertz CT molecular complexity index is 403. The third-order valence-electron chi connectivity index (χ3n) is 5.23. The van der Waals surface area contributed by atoms with Crippen LogP contribution in [0.2, 0.25) is 0 Å². The van der Waals surface area contributed by atoms with Gasteiger partial charge in [0.1, 0.15) is 0 Å². The second kappa shape index (κ2) is 18.7. The molecule has 0 aliphatic rings. The third-order valence-corrected chi connectivity index (χ3v) is 5.23. The van der Waals surface area contributed by atoms with E-state index in [-0.39, 0.29) is 0 Å². The second-order valence-corrected chi connectivity index (χ2v) is 7.78. The van der Waals surface area contributed by atoms with E-state index in [9.17, 15) is 0 Å². The summed E-state index contributed by atoms with van der Waals surface area (Å²) in [6.07, 6.45) is 28.4.